The highest BCUT2D eigenvalue weighted by Gasteiger charge is 2.54. The summed E-state index contributed by atoms with van der Waals surface area (Å²) in [6.07, 6.45) is 1.56. The third-order valence-corrected chi connectivity index (χ3v) is 4.27. The van der Waals surface area contributed by atoms with Gasteiger partial charge in [0.05, 0.1) is 6.61 Å². The molecule has 1 aliphatic rings. The second kappa shape index (κ2) is 9.80. The molecule has 1 fully saturated rings. The normalized spacial score (nSPS) is 35.7. The maximum atomic E-state index is 10.7. The summed E-state index contributed by atoms with van der Waals surface area (Å²) in [6.45, 7) is 4.01. The van der Waals surface area contributed by atoms with Gasteiger partial charge in [-0.3, -0.25) is 0 Å². The molecule has 5 atom stereocenters. The first-order valence-electron chi connectivity index (χ1n) is 8.47. The van der Waals surface area contributed by atoms with Crippen LogP contribution in [-0.2, 0) is 9.47 Å². The Bertz CT molecular complexity index is 300. The van der Waals surface area contributed by atoms with E-state index in [9.17, 15) is 20.4 Å². The summed E-state index contributed by atoms with van der Waals surface area (Å²) >= 11 is 0. The topological polar surface area (TPSA) is 99.4 Å². The molecular weight excluding hydrogens is 288 g/mol. The van der Waals surface area contributed by atoms with Crippen molar-refractivity contribution in [3.8, 4) is 0 Å². The van der Waals surface area contributed by atoms with Crippen LogP contribution in [0.3, 0.4) is 0 Å². The van der Waals surface area contributed by atoms with Crippen LogP contribution in [0.2, 0.25) is 0 Å². The Morgan fingerprint density at radius 1 is 1.05 bits per heavy atom. The quantitative estimate of drug-likeness (QED) is 0.447. The van der Waals surface area contributed by atoms with E-state index < -0.39 is 36.8 Å². The van der Waals surface area contributed by atoms with E-state index in [4.69, 9.17) is 9.47 Å². The summed E-state index contributed by atoms with van der Waals surface area (Å²) < 4.78 is 11.1. The molecule has 1 rings (SSSR count). The fraction of sp³-hybridized carbons (Fsp3) is 1.00. The molecule has 0 aromatic heterocycles. The minimum Gasteiger partial charge on any atom is -0.394 e. The van der Waals surface area contributed by atoms with Gasteiger partial charge in [-0.05, 0) is 12.8 Å². The zero-order chi connectivity index (χ0) is 16.6. The number of aliphatic hydroxyl groups excluding tert-OH is 3. The molecule has 1 unspecified atom stereocenters. The van der Waals surface area contributed by atoms with Crippen molar-refractivity contribution in [2.75, 3.05) is 13.2 Å². The van der Waals surface area contributed by atoms with Gasteiger partial charge >= 0.3 is 0 Å². The summed E-state index contributed by atoms with van der Waals surface area (Å²) in [5.74, 6) is 0. The van der Waals surface area contributed by atoms with E-state index in [2.05, 4.69) is 6.92 Å². The number of rotatable bonds is 10. The summed E-state index contributed by atoms with van der Waals surface area (Å²) in [5, 5.41) is 40.1. The highest BCUT2D eigenvalue weighted by molar-refractivity contribution is 5.00. The van der Waals surface area contributed by atoms with Gasteiger partial charge in [0.25, 0.3) is 0 Å². The molecule has 0 spiro atoms. The Morgan fingerprint density at radius 2 is 1.73 bits per heavy atom. The first-order valence-corrected chi connectivity index (χ1v) is 8.47. The predicted octanol–water partition coefficient (Wildman–Crippen LogP) is 0.944. The van der Waals surface area contributed by atoms with Gasteiger partial charge in [0.2, 0.25) is 0 Å². The number of hydrogen-bond donors (Lipinski definition) is 4. The van der Waals surface area contributed by atoms with Gasteiger partial charge in [-0.2, -0.15) is 0 Å². The van der Waals surface area contributed by atoms with Gasteiger partial charge in [0.1, 0.15) is 23.9 Å². The van der Waals surface area contributed by atoms with E-state index in [1.54, 1.807) is 0 Å². The molecule has 22 heavy (non-hydrogen) atoms. The van der Waals surface area contributed by atoms with Crippen LogP contribution in [0.15, 0.2) is 0 Å². The third-order valence-electron chi connectivity index (χ3n) is 4.27. The van der Waals surface area contributed by atoms with Gasteiger partial charge in [-0.25, -0.2) is 0 Å². The van der Waals surface area contributed by atoms with Crippen LogP contribution in [0.25, 0.3) is 0 Å². The second-order valence-electron chi connectivity index (χ2n) is 6.15. The van der Waals surface area contributed by atoms with Crippen molar-refractivity contribution >= 4 is 0 Å². The third kappa shape index (κ3) is 4.88. The van der Waals surface area contributed by atoms with E-state index >= 15 is 0 Å². The number of unbranched alkanes of at least 4 members (excludes halogenated alkanes) is 4. The van der Waals surface area contributed by atoms with Crippen molar-refractivity contribution < 1.29 is 29.9 Å². The van der Waals surface area contributed by atoms with Gasteiger partial charge < -0.3 is 29.9 Å². The Balaban J connectivity index is 2.58. The van der Waals surface area contributed by atoms with E-state index in [0.29, 0.717) is 13.0 Å². The summed E-state index contributed by atoms with van der Waals surface area (Å²) in [4.78, 5) is 0. The fourth-order valence-corrected chi connectivity index (χ4v) is 2.89. The first kappa shape index (κ1) is 19.8. The van der Waals surface area contributed by atoms with Crippen molar-refractivity contribution in [2.45, 2.75) is 89.0 Å². The molecule has 0 aliphatic carbocycles. The van der Waals surface area contributed by atoms with Gasteiger partial charge in [0.15, 0.2) is 6.29 Å². The van der Waals surface area contributed by atoms with Crippen LogP contribution in [-0.4, -0.2) is 63.8 Å². The molecule has 0 bridgehead atoms. The molecule has 6 heteroatoms. The van der Waals surface area contributed by atoms with E-state index in [1.807, 2.05) is 6.92 Å². The van der Waals surface area contributed by atoms with Crippen LogP contribution in [0.1, 0.15) is 58.8 Å². The molecule has 1 heterocycles. The van der Waals surface area contributed by atoms with Crippen LogP contribution in [0.5, 0.6) is 0 Å². The molecule has 0 aromatic rings. The molecule has 0 aromatic carbocycles. The molecular formula is C16H32O6. The van der Waals surface area contributed by atoms with Crippen molar-refractivity contribution in [2.24, 2.45) is 0 Å². The highest BCUT2D eigenvalue weighted by atomic mass is 16.7. The van der Waals surface area contributed by atoms with Crippen LogP contribution in [0, 0.1) is 0 Å². The van der Waals surface area contributed by atoms with Gasteiger partial charge in [-0.15, -0.1) is 0 Å². The molecule has 0 radical (unpaired) electrons. The van der Waals surface area contributed by atoms with Crippen LogP contribution < -0.4 is 0 Å². The standard InChI is InChI=1S/C16H32O6/c1-3-5-6-7-8-10-21-15-16(20,9-4-2)14(19)13(18)12(11-17)22-15/h12-15,17-20H,3-11H2,1-2H3/t12-,13-,14+,15?,16-/m1/s1. The largest absolute Gasteiger partial charge is 0.394 e. The fourth-order valence-electron chi connectivity index (χ4n) is 2.89. The smallest absolute Gasteiger partial charge is 0.189 e. The molecule has 132 valence electrons. The van der Waals surface area contributed by atoms with Gasteiger partial charge in [-0.1, -0.05) is 46.0 Å². The molecule has 0 amide bonds. The zero-order valence-electron chi connectivity index (χ0n) is 13.8. The molecule has 6 nitrogen and oxygen atoms in total. The Morgan fingerprint density at radius 3 is 2.32 bits per heavy atom. The zero-order valence-corrected chi connectivity index (χ0v) is 13.8. The second-order valence-corrected chi connectivity index (χ2v) is 6.15. The average Bonchev–Trinajstić information content (AvgIpc) is 2.51. The minimum absolute atomic E-state index is 0.254. The monoisotopic (exact) mass is 320 g/mol. The minimum atomic E-state index is -1.65. The van der Waals surface area contributed by atoms with Crippen molar-refractivity contribution in [1.82, 2.24) is 0 Å². The molecule has 1 saturated heterocycles. The Kier molecular flexibility index (Phi) is 8.82. The lowest BCUT2D eigenvalue weighted by Crippen LogP contribution is -2.67. The first-order chi connectivity index (χ1) is 10.5. The van der Waals surface area contributed by atoms with Crippen molar-refractivity contribution in [1.29, 1.82) is 0 Å². The SMILES string of the molecule is CCCCCCCOC1O[C@H](CO)[C@@H](O)[C@H](O)[C@]1(O)CCC. The van der Waals surface area contributed by atoms with E-state index in [1.165, 1.54) is 12.8 Å². The summed E-state index contributed by atoms with van der Waals surface area (Å²) in [7, 11) is 0. The molecule has 1 aliphatic heterocycles. The van der Waals surface area contributed by atoms with Crippen molar-refractivity contribution in [3.05, 3.63) is 0 Å². The predicted molar refractivity (Wildman–Crippen MR) is 82.3 cm³/mol. The maximum absolute atomic E-state index is 10.7. The van der Waals surface area contributed by atoms with Crippen LogP contribution >= 0.6 is 0 Å². The maximum Gasteiger partial charge on any atom is 0.189 e. The summed E-state index contributed by atoms with van der Waals surface area (Å²) in [5.41, 5.74) is -1.65. The molecule has 4 N–H and O–H groups in total. The van der Waals surface area contributed by atoms with Crippen molar-refractivity contribution in [3.63, 3.8) is 0 Å². The number of aliphatic hydroxyl groups is 4. The lowest BCUT2D eigenvalue weighted by molar-refractivity contribution is -0.343. The lowest BCUT2D eigenvalue weighted by atomic mass is 9.83. The number of ether oxygens (including phenoxy) is 2. The van der Waals surface area contributed by atoms with Gasteiger partial charge in [0, 0.05) is 6.61 Å². The average molecular weight is 320 g/mol. The van der Waals surface area contributed by atoms with E-state index in [0.717, 1.165) is 19.3 Å². The Hall–Kier alpha value is -0.240. The Labute approximate surface area is 133 Å². The van der Waals surface area contributed by atoms with E-state index in [-0.39, 0.29) is 6.42 Å². The molecule has 0 saturated carbocycles. The summed E-state index contributed by atoms with van der Waals surface area (Å²) in [6, 6.07) is 0. The lowest BCUT2D eigenvalue weighted by Gasteiger charge is -2.47. The highest BCUT2D eigenvalue weighted by Crippen LogP contribution is 2.34. The van der Waals surface area contributed by atoms with Crippen LogP contribution in [0.4, 0.5) is 0 Å². The number of hydrogen-bond acceptors (Lipinski definition) is 6.